The van der Waals surface area contributed by atoms with Gasteiger partial charge >= 0.3 is 23.9 Å². The van der Waals surface area contributed by atoms with E-state index in [9.17, 15) is 19.2 Å². The minimum atomic E-state index is -0.595. The van der Waals surface area contributed by atoms with Crippen LogP contribution in [0.5, 0.6) is 23.0 Å². The fourth-order valence-corrected chi connectivity index (χ4v) is 3.23. The number of hydrogen-bond acceptors (Lipinski definition) is 8. The van der Waals surface area contributed by atoms with E-state index in [4.69, 9.17) is 18.9 Å². The zero-order chi connectivity index (χ0) is 28.9. The van der Waals surface area contributed by atoms with Gasteiger partial charge in [0.2, 0.25) is 0 Å². The van der Waals surface area contributed by atoms with Crippen molar-refractivity contribution >= 4 is 36.0 Å². The fraction of sp³-hybridized carbons (Fsp3) is 0.0625. The summed E-state index contributed by atoms with van der Waals surface area (Å²) in [5, 5.41) is 0. The molecule has 0 heterocycles. The Kier molecular flexibility index (Phi) is 10.5. The Morgan fingerprint density at radius 1 is 0.600 bits per heavy atom. The van der Waals surface area contributed by atoms with Crippen LogP contribution in [0, 0.1) is 0 Å². The van der Waals surface area contributed by atoms with Crippen LogP contribution in [-0.4, -0.2) is 23.9 Å². The minimum Gasteiger partial charge on any atom is -0.423 e. The number of hydrogen-bond donors (Lipinski definition) is 0. The van der Waals surface area contributed by atoms with Crippen LogP contribution in [0.4, 0.5) is 0 Å². The van der Waals surface area contributed by atoms with Crippen LogP contribution in [0.2, 0.25) is 0 Å². The SMILES string of the molecule is C=CC(=O)Oc1ccc(/C=C/C(=O)Oc2ccc(OC(=O)/C=C/c3ccc(OC(=O)C=C)cc3)c(CC)c2)cc1. The molecular formula is C32H26O8. The molecule has 0 aromatic heterocycles. The Morgan fingerprint density at radius 3 is 1.48 bits per heavy atom. The van der Waals surface area contributed by atoms with Gasteiger partial charge in [0.15, 0.2) is 0 Å². The average molecular weight is 539 g/mol. The van der Waals surface area contributed by atoms with Crippen LogP contribution in [0.15, 0.2) is 104 Å². The molecule has 0 saturated heterocycles. The lowest BCUT2D eigenvalue weighted by atomic mass is 10.1. The van der Waals surface area contributed by atoms with Crippen molar-refractivity contribution in [1.82, 2.24) is 0 Å². The Balaban J connectivity index is 1.56. The van der Waals surface area contributed by atoms with Crippen molar-refractivity contribution in [2.24, 2.45) is 0 Å². The summed E-state index contributed by atoms with van der Waals surface area (Å²) in [7, 11) is 0. The Hall–Kier alpha value is -5.50. The molecule has 8 heteroatoms. The van der Waals surface area contributed by atoms with Crippen molar-refractivity contribution in [2.75, 3.05) is 0 Å². The lowest BCUT2D eigenvalue weighted by Crippen LogP contribution is -2.07. The zero-order valence-corrected chi connectivity index (χ0v) is 21.7. The Bertz CT molecular complexity index is 1460. The number of rotatable bonds is 11. The van der Waals surface area contributed by atoms with Gasteiger partial charge in [-0.1, -0.05) is 44.3 Å². The van der Waals surface area contributed by atoms with Crippen LogP contribution < -0.4 is 18.9 Å². The number of carbonyl (C=O) groups is 4. The van der Waals surface area contributed by atoms with E-state index in [1.54, 1.807) is 72.8 Å². The van der Waals surface area contributed by atoms with Gasteiger partial charge in [-0.05, 0) is 77.7 Å². The van der Waals surface area contributed by atoms with Crippen molar-refractivity contribution in [1.29, 1.82) is 0 Å². The van der Waals surface area contributed by atoms with E-state index < -0.39 is 23.9 Å². The summed E-state index contributed by atoms with van der Waals surface area (Å²) >= 11 is 0. The highest BCUT2D eigenvalue weighted by molar-refractivity contribution is 5.90. The number of esters is 4. The van der Waals surface area contributed by atoms with Gasteiger partial charge in [-0.3, -0.25) is 0 Å². The van der Waals surface area contributed by atoms with Crippen molar-refractivity contribution in [3.8, 4) is 23.0 Å². The number of ether oxygens (including phenoxy) is 4. The highest BCUT2D eigenvalue weighted by atomic mass is 16.5. The van der Waals surface area contributed by atoms with E-state index >= 15 is 0 Å². The molecule has 3 aromatic carbocycles. The van der Waals surface area contributed by atoms with Crippen LogP contribution in [0.3, 0.4) is 0 Å². The van der Waals surface area contributed by atoms with Gasteiger partial charge < -0.3 is 18.9 Å². The molecule has 0 unspecified atom stereocenters. The van der Waals surface area contributed by atoms with E-state index in [-0.39, 0.29) is 0 Å². The van der Waals surface area contributed by atoms with Gasteiger partial charge in [-0.15, -0.1) is 0 Å². The molecule has 0 bridgehead atoms. The summed E-state index contributed by atoms with van der Waals surface area (Å²) < 4.78 is 20.9. The van der Waals surface area contributed by atoms with E-state index in [0.29, 0.717) is 46.1 Å². The van der Waals surface area contributed by atoms with Crippen LogP contribution in [-0.2, 0) is 25.6 Å². The summed E-state index contributed by atoms with van der Waals surface area (Å²) in [6, 6.07) is 17.8. The monoisotopic (exact) mass is 538 g/mol. The third-order valence-corrected chi connectivity index (χ3v) is 5.20. The normalized spacial score (nSPS) is 10.6. The van der Waals surface area contributed by atoms with E-state index in [0.717, 1.165) is 12.2 Å². The first-order chi connectivity index (χ1) is 19.3. The Labute approximate surface area is 231 Å². The largest absolute Gasteiger partial charge is 0.423 e. The molecule has 0 aliphatic heterocycles. The number of aryl methyl sites for hydroxylation is 1. The average Bonchev–Trinajstić information content (AvgIpc) is 2.97. The van der Waals surface area contributed by atoms with E-state index in [1.165, 1.54) is 18.2 Å². The van der Waals surface area contributed by atoms with Crippen molar-refractivity contribution in [3.05, 3.63) is 121 Å². The second-order valence-corrected chi connectivity index (χ2v) is 8.02. The number of benzene rings is 3. The molecule has 3 aromatic rings. The summed E-state index contributed by atoms with van der Waals surface area (Å²) in [6.45, 7) is 8.56. The van der Waals surface area contributed by atoms with Gasteiger partial charge in [-0.25, -0.2) is 19.2 Å². The van der Waals surface area contributed by atoms with Crippen LogP contribution >= 0.6 is 0 Å². The number of carbonyl (C=O) groups excluding carboxylic acids is 4. The van der Waals surface area contributed by atoms with Crippen LogP contribution in [0.1, 0.15) is 23.6 Å². The molecular weight excluding hydrogens is 512 g/mol. The minimum absolute atomic E-state index is 0.297. The first-order valence-corrected chi connectivity index (χ1v) is 12.1. The topological polar surface area (TPSA) is 105 Å². The maximum absolute atomic E-state index is 12.4. The highest BCUT2D eigenvalue weighted by Gasteiger charge is 2.10. The molecule has 40 heavy (non-hydrogen) atoms. The zero-order valence-electron chi connectivity index (χ0n) is 21.7. The van der Waals surface area contributed by atoms with Gasteiger partial charge in [0.25, 0.3) is 0 Å². The maximum atomic E-state index is 12.4. The molecule has 0 spiro atoms. The van der Waals surface area contributed by atoms with Gasteiger partial charge in [0, 0.05) is 24.3 Å². The fourth-order valence-electron chi connectivity index (χ4n) is 3.23. The first-order valence-electron chi connectivity index (χ1n) is 12.1. The molecule has 0 N–H and O–H groups in total. The van der Waals surface area contributed by atoms with Gasteiger partial charge in [0.05, 0.1) is 0 Å². The molecule has 202 valence electrons. The summed E-state index contributed by atoms with van der Waals surface area (Å²) in [6.07, 6.45) is 8.34. The summed E-state index contributed by atoms with van der Waals surface area (Å²) in [5.74, 6) is -0.952. The van der Waals surface area contributed by atoms with Gasteiger partial charge in [-0.2, -0.15) is 0 Å². The second kappa shape index (κ2) is 14.4. The summed E-state index contributed by atoms with van der Waals surface area (Å²) in [4.78, 5) is 47.2. The van der Waals surface area contributed by atoms with Crippen molar-refractivity contribution in [2.45, 2.75) is 13.3 Å². The molecule has 0 radical (unpaired) electrons. The molecule has 0 amide bonds. The third kappa shape index (κ3) is 9.11. The molecule has 0 aliphatic rings. The molecule has 0 saturated carbocycles. The van der Waals surface area contributed by atoms with Crippen molar-refractivity contribution in [3.63, 3.8) is 0 Å². The van der Waals surface area contributed by atoms with Crippen LogP contribution in [0.25, 0.3) is 12.2 Å². The van der Waals surface area contributed by atoms with E-state index in [1.807, 2.05) is 6.92 Å². The lowest BCUT2D eigenvalue weighted by molar-refractivity contribution is -0.130. The summed E-state index contributed by atoms with van der Waals surface area (Å²) in [5.41, 5.74) is 2.08. The van der Waals surface area contributed by atoms with Crippen molar-refractivity contribution < 1.29 is 38.1 Å². The predicted molar refractivity (Wildman–Crippen MR) is 150 cm³/mol. The lowest BCUT2D eigenvalue weighted by Gasteiger charge is -2.09. The maximum Gasteiger partial charge on any atom is 0.336 e. The molecule has 3 rings (SSSR count). The molecule has 8 nitrogen and oxygen atoms in total. The quantitative estimate of drug-likeness (QED) is 0.175. The van der Waals surface area contributed by atoms with Gasteiger partial charge in [0.1, 0.15) is 23.0 Å². The highest BCUT2D eigenvalue weighted by Crippen LogP contribution is 2.25. The second-order valence-electron chi connectivity index (χ2n) is 8.02. The predicted octanol–water partition coefficient (Wildman–Crippen LogP) is 5.67. The first kappa shape index (κ1) is 29.1. The smallest absolute Gasteiger partial charge is 0.336 e. The Morgan fingerprint density at radius 2 is 1.02 bits per heavy atom. The molecule has 0 fully saturated rings. The molecule has 0 aliphatic carbocycles. The third-order valence-electron chi connectivity index (χ3n) is 5.20. The molecule has 0 atom stereocenters. The standard InChI is InChI=1S/C32H26O8/c1-4-24-21-27(39-31(35)19-11-22-7-13-25(14-8-22)37-29(33)5-2)17-18-28(24)40-32(36)20-12-23-9-15-26(16-10-23)38-30(34)6-3/h5-21H,2-4H2,1H3/b19-11+,20-12+. The van der Waals surface area contributed by atoms with E-state index in [2.05, 4.69) is 13.2 Å².